The number of anilines is 1. The molecular weight excluding hydrogens is 763 g/mol. The number of amides is 4. The van der Waals surface area contributed by atoms with Gasteiger partial charge in [-0.1, -0.05) is 18.6 Å². The standard InChI is InChI=1S/C39H52F2N8O7S/c1-39(2,3)56-38(54)43-17-7-6-15-30(32(51)22-55-35-28(40)13-9-14-29(35)41)44-36(52)24-10-8-11-26(18-24)49-21-25(47-48-49)19-42-20-27(50)12-4-5-16-33-34-31(23-57-33)45-37(53)46-34/h8-11,13-14,18,21,30-31,33-34,42,47-48H,4-7,12,15-17,19-20,22-23H2,1-3H3,(H,43,54)(H,44,52)(H2,45,46,53)/t30-,31-,33-,34-/m0/s1. The monoisotopic (exact) mass is 814 g/mol. The van der Waals surface area contributed by atoms with Gasteiger partial charge in [0.25, 0.3) is 5.91 Å². The molecule has 15 nitrogen and oxygen atoms in total. The van der Waals surface area contributed by atoms with Gasteiger partial charge in [0.15, 0.2) is 23.2 Å². The van der Waals surface area contributed by atoms with Crippen LogP contribution in [0.15, 0.2) is 54.4 Å². The maximum absolute atomic E-state index is 14.2. The number of hydrazine groups is 2. The lowest BCUT2D eigenvalue weighted by atomic mass is 10.0. The van der Waals surface area contributed by atoms with Crippen LogP contribution in [0.1, 0.15) is 76.1 Å². The molecule has 3 heterocycles. The summed E-state index contributed by atoms with van der Waals surface area (Å²) in [4.78, 5) is 62.8. The number of Topliss-reactive ketones (excluding diaryl/α,β-unsaturated/α-hetero) is 2. The van der Waals surface area contributed by atoms with E-state index in [0.29, 0.717) is 36.7 Å². The molecule has 2 aromatic carbocycles. The first-order chi connectivity index (χ1) is 27.3. The molecule has 5 rings (SSSR count). The van der Waals surface area contributed by atoms with Crippen molar-refractivity contribution < 1.29 is 42.2 Å². The van der Waals surface area contributed by atoms with Crippen LogP contribution >= 0.6 is 11.8 Å². The number of carbonyl (C=O) groups is 5. The Morgan fingerprint density at radius 1 is 1.02 bits per heavy atom. The van der Waals surface area contributed by atoms with Crippen LogP contribution in [0.3, 0.4) is 0 Å². The first kappa shape index (κ1) is 43.2. The lowest BCUT2D eigenvalue weighted by Gasteiger charge is -2.20. The summed E-state index contributed by atoms with van der Waals surface area (Å²) in [5.74, 6) is -2.72. The summed E-state index contributed by atoms with van der Waals surface area (Å²) in [6, 6.07) is 9.09. The van der Waals surface area contributed by atoms with Crippen molar-refractivity contribution >= 4 is 47.0 Å². The largest absolute Gasteiger partial charge is 0.480 e. The third kappa shape index (κ3) is 13.3. The molecule has 3 aliphatic rings. The first-order valence-corrected chi connectivity index (χ1v) is 20.2. The highest BCUT2D eigenvalue weighted by atomic mass is 32.2. The second-order valence-corrected chi connectivity index (χ2v) is 16.3. The van der Waals surface area contributed by atoms with Gasteiger partial charge in [0.1, 0.15) is 18.0 Å². The predicted octanol–water partition coefficient (Wildman–Crippen LogP) is 3.96. The summed E-state index contributed by atoms with van der Waals surface area (Å²) < 4.78 is 38.8. The molecule has 3 aliphatic heterocycles. The van der Waals surface area contributed by atoms with Crippen LogP contribution in [0.4, 0.5) is 24.1 Å². The lowest BCUT2D eigenvalue weighted by Crippen LogP contribution is -2.43. The maximum Gasteiger partial charge on any atom is 0.407 e. The van der Waals surface area contributed by atoms with Crippen molar-refractivity contribution in [3.05, 3.63) is 71.6 Å². The van der Waals surface area contributed by atoms with Crippen LogP contribution in [0.2, 0.25) is 0 Å². The van der Waals surface area contributed by atoms with E-state index in [4.69, 9.17) is 9.47 Å². The van der Waals surface area contributed by atoms with E-state index in [9.17, 15) is 32.8 Å². The number of para-hydroxylation sites is 1. The molecule has 0 saturated carbocycles. The maximum atomic E-state index is 14.2. The molecule has 2 fully saturated rings. The van der Waals surface area contributed by atoms with Crippen molar-refractivity contribution in [1.82, 2.24) is 37.5 Å². The molecule has 57 heavy (non-hydrogen) atoms. The molecule has 4 atom stereocenters. The van der Waals surface area contributed by atoms with Gasteiger partial charge in [0.05, 0.1) is 36.1 Å². The van der Waals surface area contributed by atoms with Crippen molar-refractivity contribution in [2.45, 2.75) is 94.7 Å². The van der Waals surface area contributed by atoms with E-state index in [-0.39, 0.29) is 49.0 Å². The Labute approximate surface area is 335 Å². The number of urea groups is 1. The minimum absolute atomic E-state index is 0.0963. The van der Waals surface area contributed by atoms with Crippen LogP contribution in [-0.4, -0.2) is 90.6 Å². The van der Waals surface area contributed by atoms with Gasteiger partial charge in [0.2, 0.25) is 0 Å². The summed E-state index contributed by atoms with van der Waals surface area (Å²) in [6.07, 6.45) is 5.40. The highest BCUT2D eigenvalue weighted by Crippen LogP contribution is 2.33. The van der Waals surface area contributed by atoms with Crippen molar-refractivity contribution in [2.24, 2.45) is 0 Å². The average Bonchev–Trinajstić information content (AvgIpc) is 3.88. The Balaban J connectivity index is 1.08. The van der Waals surface area contributed by atoms with Crippen LogP contribution < -0.4 is 47.3 Å². The average molecular weight is 815 g/mol. The van der Waals surface area contributed by atoms with Crippen LogP contribution in [0.5, 0.6) is 5.75 Å². The number of fused-ring (bicyclic) bond motifs is 1. The van der Waals surface area contributed by atoms with Crippen molar-refractivity contribution in [1.29, 1.82) is 0 Å². The van der Waals surface area contributed by atoms with Gasteiger partial charge in [-0.05, 0) is 83.2 Å². The molecule has 2 saturated heterocycles. The predicted molar refractivity (Wildman–Crippen MR) is 211 cm³/mol. The van der Waals surface area contributed by atoms with Crippen LogP contribution in [0.25, 0.3) is 0 Å². The Morgan fingerprint density at radius 2 is 1.79 bits per heavy atom. The van der Waals surface area contributed by atoms with Crippen molar-refractivity contribution in [3.63, 3.8) is 0 Å². The lowest BCUT2D eigenvalue weighted by molar-refractivity contribution is -0.123. The molecule has 0 aromatic heterocycles. The second kappa shape index (κ2) is 20.5. The number of thioether (sulfide) groups is 1. The number of nitrogens with one attached hydrogen (secondary N) is 7. The summed E-state index contributed by atoms with van der Waals surface area (Å²) in [5, 5.41) is 16.5. The number of halogens is 2. The van der Waals surface area contributed by atoms with Crippen LogP contribution in [0, 0.1) is 11.6 Å². The zero-order valence-corrected chi connectivity index (χ0v) is 33.2. The molecule has 0 aliphatic carbocycles. The number of benzene rings is 2. The van der Waals surface area contributed by atoms with E-state index in [0.717, 1.165) is 42.8 Å². The van der Waals surface area contributed by atoms with Gasteiger partial charge in [-0.2, -0.15) is 11.8 Å². The summed E-state index contributed by atoms with van der Waals surface area (Å²) >= 11 is 1.87. The summed E-state index contributed by atoms with van der Waals surface area (Å²) in [7, 11) is 0. The number of ketones is 2. The van der Waals surface area contributed by atoms with E-state index in [1.54, 1.807) is 56.2 Å². The second-order valence-electron chi connectivity index (χ2n) is 15.1. The molecule has 2 aromatic rings. The highest BCUT2D eigenvalue weighted by molar-refractivity contribution is 8.00. The fraction of sp³-hybridized carbons (Fsp3) is 0.513. The Bertz CT molecular complexity index is 1770. The number of nitrogens with zero attached hydrogens (tertiary/aromatic N) is 1. The fourth-order valence-corrected chi connectivity index (χ4v) is 8.06. The number of rotatable bonds is 21. The van der Waals surface area contributed by atoms with E-state index in [1.165, 1.54) is 6.07 Å². The number of alkyl carbamates (subject to hydrolysis) is 1. The number of unbranched alkanes of at least 4 members (excludes halogenated alkanes) is 2. The zero-order chi connectivity index (χ0) is 41.0. The molecule has 0 radical (unpaired) electrons. The third-order valence-corrected chi connectivity index (χ3v) is 10.8. The van der Waals surface area contributed by atoms with Gasteiger partial charge in [-0.3, -0.25) is 19.4 Å². The Morgan fingerprint density at radius 3 is 2.56 bits per heavy atom. The Hall–Kier alpha value is -4.94. The molecule has 0 unspecified atom stereocenters. The van der Waals surface area contributed by atoms with E-state index in [2.05, 4.69) is 37.5 Å². The van der Waals surface area contributed by atoms with Gasteiger partial charge in [-0.25, -0.2) is 18.4 Å². The molecule has 18 heteroatoms. The number of ether oxygens (including phenoxy) is 2. The Kier molecular flexibility index (Phi) is 15.5. The number of carbonyl (C=O) groups excluding carboxylic acids is 5. The third-order valence-electron chi connectivity index (χ3n) is 9.34. The molecule has 0 spiro atoms. The van der Waals surface area contributed by atoms with Gasteiger partial charge in [0, 0.05) is 42.3 Å². The quantitative estimate of drug-likeness (QED) is 0.0711. The number of hydrogen-bond acceptors (Lipinski definition) is 12. The zero-order valence-electron chi connectivity index (χ0n) is 32.4. The normalized spacial score (nSPS) is 19.1. The molecule has 0 bridgehead atoms. The van der Waals surface area contributed by atoms with E-state index >= 15 is 0 Å². The smallest absolute Gasteiger partial charge is 0.407 e. The molecule has 4 amide bonds. The minimum atomic E-state index is -1.06. The summed E-state index contributed by atoms with van der Waals surface area (Å²) in [6.45, 7) is 5.44. The summed E-state index contributed by atoms with van der Waals surface area (Å²) in [5.41, 5.74) is 7.01. The van der Waals surface area contributed by atoms with Crippen molar-refractivity contribution in [3.8, 4) is 5.75 Å². The van der Waals surface area contributed by atoms with Gasteiger partial charge in [-0.15, -0.1) is 5.53 Å². The topological polar surface area (TPSA) is 191 Å². The molecule has 7 N–H and O–H groups in total. The fourth-order valence-electron chi connectivity index (χ4n) is 6.51. The minimum Gasteiger partial charge on any atom is -0.480 e. The SMILES string of the molecule is CC(C)(C)OC(=O)NCCCC[C@H](NC(=O)c1cccc(N2C=C(CNCC(=O)CCCC[C@@H]3SC[C@@H]4NC(=O)N[C@@H]43)NN2)c1)C(=O)COc1c(F)cccc1F. The van der Waals surface area contributed by atoms with Gasteiger partial charge < -0.3 is 41.5 Å². The molecule has 310 valence electrons. The molecular formula is C39H52F2N8O7S. The first-order valence-electron chi connectivity index (χ1n) is 19.2. The van der Waals surface area contributed by atoms with E-state index in [1.807, 2.05) is 11.8 Å². The van der Waals surface area contributed by atoms with E-state index < -0.39 is 53.4 Å². The highest BCUT2D eigenvalue weighted by Gasteiger charge is 2.42. The number of hydrogen-bond donors (Lipinski definition) is 7. The van der Waals surface area contributed by atoms with Crippen LogP contribution in [-0.2, 0) is 14.3 Å². The van der Waals surface area contributed by atoms with Gasteiger partial charge >= 0.3 is 12.1 Å². The van der Waals surface area contributed by atoms with Crippen molar-refractivity contribution in [2.75, 3.05) is 37.0 Å².